The number of carbonyl (C=O) groups is 1. The van der Waals surface area contributed by atoms with Gasteiger partial charge in [0, 0.05) is 48.3 Å². The summed E-state index contributed by atoms with van der Waals surface area (Å²) in [5, 5.41) is 0. The minimum atomic E-state index is 0.479. The molecule has 2 aliphatic rings. The number of piperidine rings is 1. The fourth-order valence-corrected chi connectivity index (χ4v) is 2.84. The van der Waals surface area contributed by atoms with Crippen molar-refractivity contribution in [3.05, 3.63) is 0 Å². The highest BCUT2D eigenvalue weighted by atomic mass is 127. The van der Waals surface area contributed by atoms with Gasteiger partial charge in [-0.05, 0) is 18.8 Å². The number of fused-ring (bicyclic) bond motifs is 2. The van der Waals surface area contributed by atoms with Gasteiger partial charge in [-0.3, -0.25) is 4.79 Å². The SMILES string of the molecule is O=C1CC2CCN(I)C(C1)C2. The second-order valence-corrected chi connectivity index (χ2v) is 4.85. The van der Waals surface area contributed by atoms with Crippen LogP contribution in [0.5, 0.6) is 0 Å². The first-order chi connectivity index (χ1) is 5.25. The molecule has 11 heavy (non-hydrogen) atoms. The molecule has 2 rings (SSSR count). The molecule has 2 atom stereocenters. The van der Waals surface area contributed by atoms with Crippen molar-refractivity contribution in [2.24, 2.45) is 5.92 Å². The van der Waals surface area contributed by atoms with Crippen molar-refractivity contribution in [3.63, 3.8) is 0 Å². The molecule has 3 heteroatoms. The highest BCUT2D eigenvalue weighted by Gasteiger charge is 2.34. The Morgan fingerprint density at radius 1 is 1.45 bits per heavy atom. The zero-order valence-electron chi connectivity index (χ0n) is 6.42. The fraction of sp³-hybridized carbons (Fsp3) is 0.875. The Morgan fingerprint density at radius 3 is 3.09 bits per heavy atom. The lowest BCUT2D eigenvalue weighted by molar-refractivity contribution is -0.123. The standard InChI is InChI=1S/C8H12INO/c9-10-2-1-6-3-7(10)5-8(11)4-6/h6-7H,1-5H2. The van der Waals surface area contributed by atoms with E-state index in [1.165, 1.54) is 19.4 Å². The van der Waals surface area contributed by atoms with Gasteiger partial charge < -0.3 is 0 Å². The monoisotopic (exact) mass is 265 g/mol. The van der Waals surface area contributed by atoms with Gasteiger partial charge in [-0.25, -0.2) is 3.11 Å². The largest absolute Gasteiger partial charge is 0.300 e. The molecule has 0 aromatic rings. The summed E-state index contributed by atoms with van der Waals surface area (Å²) in [6.07, 6.45) is 4.15. The molecule has 0 N–H and O–H groups in total. The van der Waals surface area contributed by atoms with E-state index < -0.39 is 0 Å². The number of halogens is 1. The van der Waals surface area contributed by atoms with Crippen LogP contribution < -0.4 is 0 Å². The molecule has 0 radical (unpaired) electrons. The van der Waals surface area contributed by atoms with E-state index in [1.807, 2.05) is 0 Å². The molecule has 1 aliphatic carbocycles. The van der Waals surface area contributed by atoms with E-state index in [0.717, 1.165) is 12.8 Å². The number of hydrogen-bond acceptors (Lipinski definition) is 2. The Labute approximate surface area is 80.8 Å². The first-order valence-corrected chi connectivity index (χ1v) is 5.16. The van der Waals surface area contributed by atoms with E-state index in [0.29, 0.717) is 17.7 Å². The third kappa shape index (κ3) is 1.59. The molecular weight excluding hydrogens is 253 g/mol. The number of carbonyl (C=O) groups excluding carboxylic acids is 1. The minimum Gasteiger partial charge on any atom is -0.300 e. The van der Waals surface area contributed by atoms with Crippen molar-refractivity contribution in [1.29, 1.82) is 0 Å². The summed E-state index contributed by atoms with van der Waals surface area (Å²) in [6.45, 7) is 1.18. The highest BCUT2D eigenvalue weighted by Crippen LogP contribution is 2.34. The Morgan fingerprint density at radius 2 is 2.27 bits per heavy atom. The van der Waals surface area contributed by atoms with Crippen LogP contribution in [0.3, 0.4) is 0 Å². The quantitative estimate of drug-likeness (QED) is 0.491. The smallest absolute Gasteiger partial charge is 0.134 e. The van der Waals surface area contributed by atoms with Gasteiger partial charge in [0.1, 0.15) is 5.78 Å². The van der Waals surface area contributed by atoms with Crippen LogP contribution in [-0.4, -0.2) is 21.5 Å². The fourth-order valence-electron chi connectivity index (χ4n) is 2.14. The second-order valence-electron chi connectivity index (χ2n) is 3.61. The van der Waals surface area contributed by atoms with Gasteiger partial charge >= 0.3 is 0 Å². The number of nitrogens with zero attached hydrogens (tertiary/aromatic N) is 1. The molecule has 0 amide bonds. The average Bonchev–Trinajstić information content (AvgIpc) is 1.97. The highest BCUT2D eigenvalue weighted by molar-refractivity contribution is 14.1. The van der Waals surface area contributed by atoms with Gasteiger partial charge in [-0.15, -0.1) is 0 Å². The topological polar surface area (TPSA) is 20.3 Å². The Balaban J connectivity index is 2.08. The van der Waals surface area contributed by atoms with Crippen LogP contribution in [0.2, 0.25) is 0 Å². The van der Waals surface area contributed by atoms with E-state index in [1.54, 1.807) is 0 Å². The predicted molar refractivity (Wildman–Crippen MR) is 51.5 cm³/mol. The van der Waals surface area contributed by atoms with E-state index in [-0.39, 0.29) is 0 Å². The minimum absolute atomic E-state index is 0.479. The molecule has 62 valence electrons. The Hall–Kier alpha value is 0.360. The lowest BCUT2D eigenvalue weighted by Crippen LogP contribution is -2.41. The number of ketones is 1. The van der Waals surface area contributed by atoms with Crippen molar-refractivity contribution in [2.75, 3.05) is 6.54 Å². The van der Waals surface area contributed by atoms with Crippen LogP contribution in [0, 0.1) is 5.92 Å². The van der Waals surface area contributed by atoms with Crippen molar-refractivity contribution in [3.8, 4) is 0 Å². The van der Waals surface area contributed by atoms with Crippen LogP contribution in [0.15, 0.2) is 0 Å². The molecule has 2 unspecified atom stereocenters. The van der Waals surface area contributed by atoms with Gasteiger partial charge in [0.15, 0.2) is 0 Å². The third-order valence-electron chi connectivity index (χ3n) is 2.73. The first-order valence-electron chi connectivity index (χ1n) is 4.20. The molecule has 1 saturated heterocycles. The summed E-state index contributed by atoms with van der Waals surface area (Å²) in [6, 6.07) is 0.565. The molecule has 2 nitrogen and oxygen atoms in total. The van der Waals surface area contributed by atoms with Gasteiger partial charge in [0.2, 0.25) is 0 Å². The normalized spacial score (nSPS) is 39.2. The molecule has 2 bridgehead atoms. The number of Topliss-reactive ketones (excluding diaryl/α,β-unsaturated/α-hetero) is 1. The molecule has 1 heterocycles. The van der Waals surface area contributed by atoms with Crippen LogP contribution in [-0.2, 0) is 4.79 Å². The van der Waals surface area contributed by atoms with Crippen molar-refractivity contribution in [1.82, 2.24) is 3.11 Å². The maximum atomic E-state index is 11.2. The number of hydrogen-bond donors (Lipinski definition) is 0. The summed E-state index contributed by atoms with van der Waals surface area (Å²) >= 11 is 2.35. The molecule has 0 spiro atoms. The Bertz CT molecular complexity index is 183. The second kappa shape index (κ2) is 3.01. The van der Waals surface area contributed by atoms with E-state index in [4.69, 9.17) is 0 Å². The van der Waals surface area contributed by atoms with E-state index in [2.05, 4.69) is 26.0 Å². The van der Waals surface area contributed by atoms with Crippen LogP contribution in [0.4, 0.5) is 0 Å². The van der Waals surface area contributed by atoms with Crippen molar-refractivity contribution < 1.29 is 4.79 Å². The maximum absolute atomic E-state index is 11.2. The summed E-state index contributed by atoms with van der Waals surface area (Å²) < 4.78 is 2.31. The van der Waals surface area contributed by atoms with Crippen molar-refractivity contribution in [2.45, 2.75) is 31.7 Å². The predicted octanol–water partition coefficient (Wildman–Crippen LogP) is 1.78. The summed E-state index contributed by atoms with van der Waals surface area (Å²) in [4.78, 5) is 11.2. The molecule has 0 aromatic heterocycles. The molecule has 0 aromatic carbocycles. The van der Waals surface area contributed by atoms with Crippen molar-refractivity contribution >= 4 is 28.6 Å². The summed E-state index contributed by atoms with van der Waals surface area (Å²) in [5.74, 6) is 1.19. The zero-order valence-corrected chi connectivity index (χ0v) is 8.58. The molecule has 1 saturated carbocycles. The first kappa shape index (κ1) is 7.98. The van der Waals surface area contributed by atoms with Crippen LogP contribution >= 0.6 is 22.9 Å². The van der Waals surface area contributed by atoms with Gasteiger partial charge in [0.25, 0.3) is 0 Å². The third-order valence-corrected chi connectivity index (χ3v) is 4.00. The summed E-state index contributed by atoms with van der Waals surface area (Å²) in [5.41, 5.74) is 0. The van der Waals surface area contributed by atoms with E-state index in [9.17, 15) is 4.79 Å². The summed E-state index contributed by atoms with van der Waals surface area (Å²) in [7, 11) is 0. The Kier molecular flexibility index (Phi) is 2.19. The van der Waals surface area contributed by atoms with Gasteiger partial charge in [-0.2, -0.15) is 0 Å². The number of rotatable bonds is 0. The molecule has 2 fully saturated rings. The lowest BCUT2D eigenvalue weighted by atomic mass is 9.80. The average molecular weight is 265 g/mol. The maximum Gasteiger partial charge on any atom is 0.134 e. The molecule has 1 aliphatic heterocycles. The zero-order chi connectivity index (χ0) is 7.84. The van der Waals surface area contributed by atoms with Gasteiger partial charge in [-0.1, -0.05) is 0 Å². The van der Waals surface area contributed by atoms with Crippen LogP contribution in [0.1, 0.15) is 25.7 Å². The van der Waals surface area contributed by atoms with Gasteiger partial charge in [0.05, 0.1) is 0 Å². The lowest BCUT2D eigenvalue weighted by Gasteiger charge is -2.38. The molecular formula is C8H12INO. The van der Waals surface area contributed by atoms with Crippen LogP contribution in [0.25, 0.3) is 0 Å². The van der Waals surface area contributed by atoms with E-state index >= 15 is 0 Å².